The fraction of sp³-hybridized carbons (Fsp3) is 0.333. The third-order valence-electron chi connectivity index (χ3n) is 4.56. The van der Waals surface area contributed by atoms with E-state index in [1.807, 2.05) is 18.2 Å². The van der Waals surface area contributed by atoms with Crippen LogP contribution in [0.25, 0.3) is 0 Å². The molecule has 1 atom stereocenters. The number of sulfonamides is 1. The van der Waals surface area contributed by atoms with Crippen molar-refractivity contribution < 1.29 is 8.42 Å². The van der Waals surface area contributed by atoms with Crippen LogP contribution in [-0.4, -0.2) is 43.8 Å². The highest BCUT2D eigenvalue weighted by atomic mass is 35.5. The van der Waals surface area contributed by atoms with E-state index in [-0.39, 0.29) is 16.0 Å². The van der Waals surface area contributed by atoms with Gasteiger partial charge in [0.05, 0.1) is 5.02 Å². The lowest BCUT2D eigenvalue weighted by Gasteiger charge is -2.37. The molecule has 0 unspecified atom stereocenters. The van der Waals surface area contributed by atoms with Crippen LogP contribution in [-0.2, 0) is 10.0 Å². The number of hydrogen-bond donors (Lipinski definition) is 0. The zero-order chi connectivity index (χ0) is 17.2. The third kappa shape index (κ3) is 3.49. The van der Waals surface area contributed by atoms with E-state index in [0.717, 1.165) is 0 Å². The van der Waals surface area contributed by atoms with Gasteiger partial charge in [0, 0.05) is 32.2 Å². The Labute approximate surface area is 148 Å². The van der Waals surface area contributed by atoms with Gasteiger partial charge in [-0.05, 0) is 24.6 Å². The summed E-state index contributed by atoms with van der Waals surface area (Å²) in [5.41, 5.74) is 1.25. The van der Waals surface area contributed by atoms with Crippen LogP contribution in [0.1, 0.15) is 18.5 Å². The molecule has 1 saturated heterocycles. The van der Waals surface area contributed by atoms with Crippen molar-refractivity contribution in [1.82, 2.24) is 9.21 Å². The molecule has 0 aromatic heterocycles. The van der Waals surface area contributed by atoms with Crippen LogP contribution in [0.3, 0.4) is 0 Å². The van der Waals surface area contributed by atoms with Crippen molar-refractivity contribution in [3.05, 3.63) is 65.2 Å². The van der Waals surface area contributed by atoms with Crippen LogP contribution in [0.5, 0.6) is 0 Å². The lowest BCUT2D eigenvalue weighted by Crippen LogP contribution is -2.49. The Bertz CT molecular complexity index is 788. The van der Waals surface area contributed by atoms with Crippen LogP contribution >= 0.6 is 11.6 Å². The highest BCUT2D eigenvalue weighted by Gasteiger charge is 2.31. The monoisotopic (exact) mass is 364 g/mol. The van der Waals surface area contributed by atoms with Crippen LogP contribution in [0.15, 0.2) is 59.5 Å². The molecule has 1 aliphatic rings. The Morgan fingerprint density at radius 1 is 0.917 bits per heavy atom. The summed E-state index contributed by atoms with van der Waals surface area (Å²) in [5.74, 6) is 0. The minimum absolute atomic E-state index is 0.191. The van der Waals surface area contributed by atoms with E-state index < -0.39 is 10.0 Å². The van der Waals surface area contributed by atoms with Crippen molar-refractivity contribution in [2.24, 2.45) is 0 Å². The standard InChI is InChI=1S/C18H21ClN2O2S/c1-15(16-7-3-2-4-8-16)20-11-13-21(14-12-20)24(22,23)18-10-6-5-9-17(18)19/h2-10,15H,11-14H2,1H3/t15-/m0/s1. The molecular weight excluding hydrogens is 344 g/mol. The zero-order valence-corrected chi connectivity index (χ0v) is 15.2. The molecule has 0 amide bonds. The molecule has 1 fully saturated rings. The zero-order valence-electron chi connectivity index (χ0n) is 13.6. The Kier molecular flexibility index (Phi) is 5.25. The molecule has 2 aromatic carbocycles. The van der Waals surface area contributed by atoms with Crippen molar-refractivity contribution in [1.29, 1.82) is 0 Å². The summed E-state index contributed by atoms with van der Waals surface area (Å²) in [5, 5.41) is 0.276. The van der Waals surface area contributed by atoms with Gasteiger partial charge in [-0.1, -0.05) is 54.1 Å². The molecule has 1 aliphatic heterocycles. The quantitative estimate of drug-likeness (QED) is 0.834. The van der Waals surface area contributed by atoms with Crippen LogP contribution < -0.4 is 0 Å². The van der Waals surface area contributed by atoms with Gasteiger partial charge in [-0.3, -0.25) is 4.90 Å². The molecule has 0 aliphatic carbocycles. The lowest BCUT2D eigenvalue weighted by molar-refractivity contribution is 0.146. The molecule has 128 valence electrons. The fourth-order valence-corrected chi connectivity index (χ4v) is 4.98. The number of hydrogen-bond acceptors (Lipinski definition) is 3. The first-order valence-corrected chi connectivity index (χ1v) is 9.85. The van der Waals surface area contributed by atoms with Gasteiger partial charge in [-0.2, -0.15) is 4.31 Å². The third-order valence-corrected chi connectivity index (χ3v) is 6.96. The van der Waals surface area contributed by atoms with Gasteiger partial charge >= 0.3 is 0 Å². The largest absolute Gasteiger partial charge is 0.294 e. The van der Waals surface area contributed by atoms with Gasteiger partial charge < -0.3 is 0 Å². The van der Waals surface area contributed by atoms with E-state index in [1.165, 1.54) is 9.87 Å². The number of benzene rings is 2. The molecular formula is C18H21ClN2O2S. The minimum Gasteiger partial charge on any atom is -0.294 e. The summed E-state index contributed by atoms with van der Waals surface area (Å²) in [4.78, 5) is 2.50. The van der Waals surface area contributed by atoms with E-state index in [9.17, 15) is 8.42 Å². The first-order valence-electron chi connectivity index (χ1n) is 8.04. The van der Waals surface area contributed by atoms with Crippen molar-refractivity contribution in [3.63, 3.8) is 0 Å². The molecule has 0 radical (unpaired) electrons. The minimum atomic E-state index is -3.53. The molecule has 6 heteroatoms. The predicted octanol–water partition coefficient (Wildman–Crippen LogP) is 3.41. The molecule has 0 spiro atoms. The SMILES string of the molecule is C[C@@H](c1ccccc1)N1CCN(S(=O)(=O)c2ccccc2Cl)CC1. The van der Waals surface area contributed by atoms with Crippen LogP contribution in [0.2, 0.25) is 5.02 Å². The molecule has 2 aromatic rings. The van der Waals surface area contributed by atoms with Crippen molar-refractivity contribution in [2.75, 3.05) is 26.2 Å². The number of piperazine rings is 1. The summed E-state index contributed by atoms with van der Waals surface area (Å²) in [6, 6.07) is 17.2. The number of rotatable bonds is 4. The molecule has 4 nitrogen and oxygen atoms in total. The molecule has 24 heavy (non-hydrogen) atoms. The van der Waals surface area contributed by atoms with Crippen molar-refractivity contribution in [2.45, 2.75) is 17.9 Å². The van der Waals surface area contributed by atoms with Gasteiger partial charge in [0.25, 0.3) is 0 Å². The van der Waals surface area contributed by atoms with E-state index in [0.29, 0.717) is 26.2 Å². The van der Waals surface area contributed by atoms with E-state index in [4.69, 9.17) is 11.6 Å². The molecule has 1 heterocycles. The molecule has 0 bridgehead atoms. The van der Waals surface area contributed by atoms with E-state index in [1.54, 1.807) is 24.3 Å². The maximum absolute atomic E-state index is 12.8. The average molecular weight is 365 g/mol. The second-order valence-corrected chi connectivity index (χ2v) is 8.27. The average Bonchev–Trinajstić information content (AvgIpc) is 2.62. The van der Waals surface area contributed by atoms with Crippen LogP contribution in [0, 0.1) is 0 Å². The molecule has 3 rings (SSSR count). The highest BCUT2D eigenvalue weighted by molar-refractivity contribution is 7.89. The van der Waals surface area contributed by atoms with E-state index >= 15 is 0 Å². The van der Waals surface area contributed by atoms with Crippen molar-refractivity contribution >= 4 is 21.6 Å². The van der Waals surface area contributed by atoms with Gasteiger partial charge in [0.2, 0.25) is 10.0 Å². The van der Waals surface area contributed by atoms with Gasteiger partial charge in [-0.15, -0.1) is 0 Å². The molecule has 0 saturated carbocycles. The van der Waals surface area contributed by atoms with Crippen LogP contribution in [0.4, 0.5) is 0 Å². The van der Waals surface area contributed by atoms with Gasteiger partial charge in [0.1, 0.15) is 4.90 Å². The van der Waals surface area contributed by atoms with Crippen molar-refractivity contribution in [3.8, 4) is 0 Å². The number of nitrogens with zero attached hydrogens (tertiary/aromatic N) is 2. The summed E-state index contributed by atoms with van der Waals surface area (Å²) in [6.07, 6.45) is 0. The summed E-state index contributed by atoms with van der Waals surface area (Å²) < 4.78 is 27.1. The Morgan fingerprint density at radius 3 is 2.12 bits per heavy atom. The predicted molar refractivity (Wildman–Crippen MR) is 96.6 cm³/mol. The number of halogens is 1. The summed E-state index contributed by atoms with van der Waals surface area (Å²) in [6.45, 7) is 4.53. The Balaban J connectivity index is 1.70. The normalized spacial score (nSPS) is 18.4. The highest BCUT2D eigenvalue weighted by Crippen LogP contribution is 2.27. The first kappa shape index (κ1) is 17.4. The smallest absolute Gasteiger partial charge is 0.244 e. The maximum atomic E-state index is 12.8. The second-order valence-electron chi connectivity index (χ2n) is 5.96. The summed E-state index contributed by atoms with van der Waals surface area (Å²) >= 11 is 6.07. The molecule has 0 N–H and O–H groups in total. The lowest BCUT2D eigenvalue weighted by atomic mass is 10.1. The van der Waals surface area contributed by atoms with E-state index in [2.05, 4.69) is 24.0 Å². The van der Waals surface area contributed by atoms with Gasteiger partial charge in [0.15, 0.2) is 0 Å². The topological polar surface area (TPSA) is 40.6 Å². The fourth-order valence-electron chi connectivity index (χ4n) is 3.07. The Morgan fingerprint density at radius 2 is 1.50 bits per heavy atom. The maximum Gasteiger partial charge on any atom is 0.244 e. The Hall–Kier alpha value is -1.40. The second kappa shape index (κ2) is 7.23. The first-order chi connectivity index (χ1) is 11.5. The van der Waals surface area contributed by atoms with Gasteiger partial charge in [-0.25, -0.2) is 8.42 Å². The summed E-state index contributed by atoms with van der Waals surface area (Å²) in [7, 11) is -3.53.